The predicted octanol–water partition coefficient (Wildman–Crippen LogP) is 0.913. The maximum atomic E-state index is 12.1. The summed E-state index contributed by atoms with van der Waals surface area (Å²) in [5.74, 6) is 0.556. The molecule has 8 nitrogen and oxygen atoms in total. The molecular weight excluding hydrogens is 374 g/mol. The van der Waals surface area contributed by atoms with Crippen LogP contribution in [0.25, 0.3) is 0 Å². The number of hydrogen-bond acceptors (Lipinski definition) is 6. The molecular formula is C16H29N5O3S2. The van der Waals surface area contributed by atoms with Crippen molar-refractivity contribution in [2.75, 3.05) is 32.5 Å². The summed E-state index contributed by atoms with van der Waals surface area (Å²) in [5.41, 5.74) is 1.01. The van der Waals surface area contributed by atoms with Crippen LogP contribution < -0.4 is 15.4 Å². The summed E-state index contributed by atoms with van der Waals surface area (Å²) in [6.45, 7) is 5.91. The first-order chi connectivity index (χ1) is 12.4. The largest absolute Gasteiger partial charge is 0.377 e. The number of aliphatic imine (C=N–C) groups is 1. The van der Waals surface area contributed by atoms with Crippen molar-refractivity contribution in [1.29, 1.82) is 0 Å². The second-order valence-electron chi connectivity index (χ2n) is 6.25. The van der Waals surface area contributed by atoms with Crippen molar-refractivity contribution < 1.29 is 13.2 Å². The van der Waals surface area contributed by atoms with Crippen molar-refractivity contribution in [2.24, 2.45) is 4.99 Å². The number of guanidine groups is 1. The van der Waals surface area contributed by atoms with Crippen LogP contribution in [-0.4, -0.2) is 58.0 Å². The second kappa shape index (κ2) is 10.2. The lowest BCUT2D eigenvalue weighted by molar-refractivity contribution is 0.0200. The van der Waals surface area contributed by atoms with Crippen LogP contribution in [0, 0.1) is 13.8 Å². The minimum absolute atomic E-state index is 0.00739. The van der Waals surface area contributed by atoms with E-state index in [1.165, 1.54) is 0 Å². The number of nitrogens with one attached hydrogen (secondary N) is 3. The van der Waals surface area contributed by atoms with Gasteiger partial charge in [0.2, 0.25) is 10.0 Å². The molecule has 1 aliphatic heterocycles. The van der Waals surface area contributed by atoms with Crippen LogP contribution in [0.5, 0.6) is 0 Å². The fourth-order valence-electron chi connectivity index (χ4n) is 2.69. The topological polar surface area (TPSA) is 105 Å². The molecule has 1 atom stereocenters. The van der Waals surface area contributed by atoms with Crippen LogP contribution >= 0.6 is 11.3 Å². The van der Waals surface area contributed by atoms with Crippen LogP contribution in [0.1, 0.15) is 34.8 Å². The van der Waals surface area contributed by atoms with Gasteiger partial charge in [-0.15, -0.1) is 11.3 Å². The fourth-order valence-corrected chi connectivity index (χ4v) is 4.52. The van der Waals surface area contributed by atoms with E-state index in [-0.39, 0.29) is 18.4 Å². The van der Waals surface area contributed by atoms with Gasteiger partial charge in [-0.25, -0.2) is 18.1 Å². The van der Waals surface area contributed by atoms with Gasteiger partial charge in [-0.3, -0.25) is 4.99 Å². The number of nitrogens with zero attached hydrogens (tertiary/aromatic N) is 2. The SMILES string of the molecule is CN=C(NCCS(=O)(=O)NCC1CCCCO1)NCc1sc(C)nc1C. The molecule has 1 aromatic heterocycles. The maximum Gasteiger partial charge on any atom is 0.213 e. The zero-order valence-corrected chi connectivity index (χ0v) is 17.3. The van der Waals surface area contributed by atoms with Crippen LogP contribution in [0.2, 0.25) is 0 Å². The van der Waals surface area contributed by atoms with E-state index >= 15 is 0 Å². The first-order valence-electron chi connectivity index (χ1n) is 8.86. The molecule has 1 saturated heterocycles. The summed E-state index contributed by atoms with van der Waals surface area (Å²) >= 11 is 1.64. The van der Waals surface area contributed by atoms with E-state index in [2.05, 4.69) is 25.3 Å². The lowest BCUT2D eigenvalue weighted by Gasteiger charge is -2.22. The molecule has 0 saturated carbocycles. The van der Waals surface area contributed by atoms with E-state index in [1.54, 1.807) is 18.4 Å². The van der Waals surface area contributed by atoms with Crippen LogP contribution in [-0.2, 0) is 21.3 Å². The van der Waals surface area contributed by atoms with E-state index in [1.807, 2.05) is 13.8 Å². The maximum absolute atomic E-state index is 12.1. The zero-order valence-electron chi connectivity index (χ0n) is 15.7. The van der Waals surface area contributed by atoms with Gasteiger partial charge in [0, 0.05) is 31.6 Å². The Bertz CT molecular complexity index is 697. The van der Waals surface area contributed by atoms with Gasteiger partial charge in [0.05, 0.1) is 29.1 Å². The molecule has 148 valence electrons. The highest BCUT2D eigenvalue weighted by molar-refractivity contribution is 7.89. The first kappa shape index (κ1) is 21.1. The average molecular weight is 404 g/mol. The van der Waals surface area contributed by atoms with Gasteiger partial charge >= 0.3 is 0 Å². The number of hydrogen-bond donors (Lipinski definition) is 3. The number of ether oxygens (including phenoxy) is 1. The van der Waals surface area contributed by atoms with Crippen molar-refractivity contribution >= 4 is 27.3 Å². The summed E-state index contributed by atoms with van der Waals surface area (Å²) in [6.07, 6.45) is 3.05. The van der Waals surface area contributed by atoms with Gasteiger partial charge < -0.3 is 15.4 Å². The molecule has 1 fully saturated rings. The summed E-state index contributed by atoms with van der Waals surface area (Å²) in [7, 11) is -1.68. The molecule has 0 aromatic carbocycles. The Balaban J connectivity index is 1.69. The molecule has 1 aliphatic rings. The molecule has 3 N–H and O–H groups in total. The van der Waals surface area contributed by atoms with E-state index in [9.17, 15) is 8.42 Å². The lowest BCUT2D eigenvalue weighted by Crippen LogP contribution is -2.42. The van der Waals surface area contributed by atoms with Crippen molar-refractivity contribution in [2.45, 2.75) is 45.8 Å². The van der Waals surface area contributed by atoms with Gasteiger partial charge in [-0.05, 0) is 33.1 Å². The Morgan fingerprint density at radius 3 is 2.77 bits per heavy atom. The molecule has 2 rings (SSSR count). The minimum Gasteiger partial charge on any atom is -0.377 e. The molecule has 2 heterocycles. The Kier molecular flexibility index (Phi) is 8.26. The zero-order chi connectivity index (χ0) is 19.0. The van der Waals surface area contributed by atoms with Gasteiger partial charge in [0.15, 0.2) is 5.96 Å². The van der Waals surface area contributed by atoms with Crippen LogP contribution in [0.4, 0.5) is 0 Å². The third-order valence-electron chi connectivity index (χ3n) is 4.11. The third kappa shape index (κ3) is 7.18. The molecule has 0 radical (unpaired) electrons. The molecule has 26 heavy (non-hydrogen) atoms. The van der Waals surface area contributed by atoms with Gasteiger partial charge in [-0.1, -0.05) is 0 Å². The van der Waals surface area contributed by atoms with Gasteiger partial charge in [0.1, 0.15) is 0 Å². The van der Waals surface area contributed by atoms with E-state index in [4.69, 9.17) is 4.74 Å². The minimum atomic E-state index is -3.34. The summed E-state index contributed by atoms with van der Waals surface area (Å²) in [6, 6.07) is 0. The molecule has 0 spiro atoms. The standard InChI is InChI=1S/C16H29N5O3S2/c1-12-15(25-13(2)21-12)11-19-16(17-3)18-7-9-26(22,23)20-10-14-6-4-5-8-24-14/h14,20H,4-11H2,1-3H3,(H2,17,18,19). The second-order valence-corrected chi connectivity index (χ2v) is 9.46. The summed E-state index contributed by atoms with van der Waals surface area (Å²) in [4.78, 5) is 9.66. The van der Waals surface area contributed by atoms with Crippen molar-refractivity contribution in [1.82, 2.24) is 20.3 Å². The molecule has 1 unspecified atom stereocenters. The van der Waals surface area contributed by atoms with E-state index < -0.39 is 10.0 Å². The fraction of sp³-hybridized carbons (Fsp3) is 0.750. The normalized spacial score (nSPS) is 18.7. The average Bonchev–Trinajstić information content (AvgIpc) is 2.94. The number of aromatic nitrogens is 1. The van der Waals surface area contributed by atoms with Crippen LogP contribution in [0.3, 0.4) is 0 Å². The Labute approximate surface area is 159 Å². The van der Waals surface area contributed by atoms with E-state index in [0.29, 0.717) is 25.7 Å². The predicted molar refractivity (Wildman–Crippen MR) is 105 cm³/mol. The smallest absolute Gasteiger partial charge is 0.213 e. The van der Waals surface area contributed by atoms with Crippen LogP contribution in [0.15, 0.2) is 4.99 Å². The lowest BCUT2D eigenvalue weighted by atomic mass is 10.1. The molecule has 1 aromatic rings. The van der Waals surface area contributed by atoms with E-state index in [0.717, 1.165) is 34.8 Å². The quantitative estimate of drug-likeness (QED) is 0.440. The Hall–Kier alpha value is -1.23. The molecule has 10 heteroatoms. The van der Waals surface area contributed by atoms with Gasteiger partial charge in [0.25, 0.3) is 0 Å². The Morgan fingerprint density at radius 1 is 1.35 bits per heavy atom. The highest BCUT2D eigenvalue weighted by Crippen LogP contribution is 2.16. The molecule has 0 aliphatic carbocycles. The summed E-state index contributed by atoms with van der Waals surface area (Å²) < 4.78 is 32.4. The number of aryl methyl sites for hydroxylation is 2. The van der Waals surface area contributed by atoms with Gasteiger partial charge in [-0.2, -0.15) is 0 Å². The highest BCUT2D eigenvalue weighted by atomic mass is 32.2. The third-order valence-corrected chi connectivity index (χ3v) is 6.53. The van der Waals surface area contributed by atoms with Crippen molar-refractivity contribution in [3.8, 4) is 0 Å². The Morgan fingerprint density at radius 2 is 2.15 bits per heavy atom. The van der Waals surface area contributed by atoms with Crippen molar-refractivity contribution in [3.05, 3.63) is 15.6 Å². The highest BCUT2D eigenvalue weighted by Gasteiger charge is 2.17. The number of thiazole rings is 1. The summed E-state index contributed by atoms with van der Waals surface area (Å²) in [5, 5.41) is 7.25. The first-order valence-corrected chi connectivity index (χ1v) is 11.3. The van der Waals surface area contributed by atoms with Crippen molar-refractivity contribution in [3.63, 3.8) is 0 Å². The molecule has 0 amide bonds. The molecule has 0 bridgehead atoms. The number of sulfonamides is 1. The number of rotatable bonds is 8. The monoisotopic (exact) mass is 403 g/mol.